The molecule has 200 valence electrons. The van der Waals surface area contributed by atoms with Gasteiger partial charge in [-0.2, -0.15) is 5.10 Å². The van der Waals surface area contributed by atoms with Crippen molar-refractivity contribution in [1.82, 2.24) is 25.0 Å². The van der Waals surface area contributed by atoms with Crippen LogP contribution in [0.15, 0.2) is 30.6 Å². The number of rotatable bonds is 9. The van der Waals surface area contributed by atoms with Crippen molar-refractivity contribution in [3.63, 3.8) is 0 Å². The van der Waals surface area contributed by atoms with Crippen molar-refractivity contribution in [2.45, 2.75) is 58.7 Å². The van der Waals surface area contributed by atoms with E-state index >= 15 is 0 Å². The minimum atomic E-state index is -0.0932. The van der Waals surface area contributed by atoms with Gasteiger partial charge in [-0.25, -0.2) is 9.67 Å². The van der Waals surface area contributed by atoms with Crippen LogP contribution < -0.4 is 15.4 Å². The molecule has 0 saturated heterocycles. The summed E-state index contributed by atoms with van der Waals surface area (Å²) in [4.78, 5) is 16.9. The molecule has 38 heavy (non-hydrogen) atoms. The summed E-state index contributed by atoms with van der Waals surface area (Å²) in [7, 11) is 1.60. The number of carbonyl (C=O) groups excluding carboxylic acids is 1. The Morgan fingerprint density at radius 3 is 2.61 bits per heavy atom. The lowest BCUT2D eigenvalue weighted by molar-refractivity contribution is -0.149. The van der Waals surface area contributed by atoms with Crippen LogP contribution in [0.4, 0.5) is 11.6 Å². The second-order valence-electron chi connectivity index (χ2n) is 9.41. The van der Waals surface area contributed by atoms with Gasteiger partial charge in [0.15, 0.2) is 17.3 Å². The number of methoxy groups -OCH3 is 1. The SMILES string of the molecule is CCOC(=O)C1CCC(Nc2nnc(NCc3ccc(OC)c(Cl)c3)c3c2cnc2c3cnn2CC)CC1. The Kier molecular flexibility index (Phi) is 7.78. The first-order valence-electron chi connectivity index (χ1n) is 13.0. The van der Waals surface area contributed by atoms with Crippen molar-refractivity contribution >= 4 is 51.0 Å². The largest absolute Gasteiger partial charge is 0.495 e. The standard InChI is InChI=1S/C27H32ClN7O3/c1-4-35-26-20(15-31-35)23-19(14-30-26)24(32-18-9-7-17(8-10-18)27(36)38-5-2)33-34-25(23)29-13-16-6-11-22(37-3)21(28)12-16/h6,11-12,14-15,17-18H,4-5,7-10,13H2,1-3H3,(H,29,34)(H,32,33). The third kappa shape index (κ3) is 5.18. The molecule has 0 unspecified atom stereocenters. The molecule has 1 fully saturated rings. The molecule has 0 radical (unpaired) electrons. The van der Waals surface area contributed by atoms with Crippen LogP contribution in [0.1, 0.15) is 45.1 Å². The summed E-state index contributed by atoms with van der Waals surface area (Å²) in [5.41, 5.74) is 1.78. The lowest BCUT2D eigenvalue weighted by Gasteiger charge is -2.28. The molecule has 0 amide bonds. The maximum absolute atomic E-state index is 12.1. The highest BCUT2D eigenvalue weighted by molar-refractivity contribution is 6.32. The van der Waals surface area contributed by atoms with Crippen LogP contribution >= 0.6 is 11.6 Å². The fourth-order valence-corrected chi connectivity index (χ4v) is 5.34. The van der Waals surface area contributed by atoms with Gasteiger partial charge in [-0.05, 0) is 57.2 Å². The van der Waals surface area contributed by atoms with E-state index in [1.807, 2.05) is 49.1 Å². The number of fused-ring (bicyclic) bond motifs is 3. The number of nitrogens with zero attached hydrogens (tertiary/aromatic N) is 5. The molecule has 0 atom stereocenters. The molecule has 1 aliphatic rings. The molecule has 1 saturated carbocycles. The predicted octanol–water partition coefficient (Wildman–Crippen LogP) is 5.20. The van der Waals surface area contributed by atoms with Crippen molar-refractivity contribution < 1.29 is 14.3 Å². The van der Waals surface area contributed by atoms with Crippen molar-refractivity contribution in [2.75, 3.05) is 24.4 Å². The Bertz CT molecular complexity index is 1450. The molecule has 0 aliphatic heterocycles. The average Bonchev–Trinajstić information content (AvgIpc) is 3.36. The van der Waals surface area contributed by atoms with Gasteiger partial charge >= 0.3 is 5.97 Å². The summed E-state index contributed by atoms with van der Waals surface area (Å²) < 4.78 is 12.3. The van der Waals surface area contributed by atoms with E-state index in [-0.39, 0.29) is 17.9 Å². The van der Waals surface area contributed by atoms with Crippen LogP contribution in [0.5, 0.6) is 5.75 Å². The molecule has 3 aromatic heterocycles. The molecule has 1 aliphatic carbocycles. The van der Waals surface area contributed by atoms with Crippen molar-refractivity contribution in [1.29, 1.82) is 0 Å². The Labute approximate surface area is 226 Å². The average molecular weight is 538 g/mol. The van der Waals surface area contributed by atoms with Gasteiger partial charge in [0, 0.05) is 36.1 Å². The van der Waals surface area contributed by atoms with E-state index in [2.05, 4.69) is 25.9 Å². The number of pyridine rings is 1. The first-order valence-corrected chi connectivity index (χ1v) is 13.4. The maximum atomic E-state index is 12.1. The van der Waals surface area contributed by atoms with E-state index in [9.17, 15) is 4.79 Å². The number of hydrogen-bond acceptors (Lipinski definition) is 9. The molecule has 10 nitrogen and oxygen atoms in total. The zero-order chi connectivity index (χ0) is 26.6. The van der Waals surface area contributed by atoms with Gasteiger partial charge in [0.1, 0.15) is 5.75 Å². The molecule has 3 heterocycles. The smallest absolute Gasteiger partial charge is 0.308 e. The van der Waals surface area contributed by atoms with Crippen LogP contribution in [0.25, 0.3) is 21.8 Å². The normalized spacial score (nSPS) is 17.5. The molecular formula is C27H32ClN7O3. The monoisotopic (exact) mass is 537 g/mol. The fourth-order valence-electron chi connectivity index (χ4n) is 5.06. The Morgan fingerprint density at radius 1 is 1.11 bits per heavy atom. The molecule has 11 heteroatoms. The van der Waals surface area contributed by atoms with Crippen LogP contribution in [-0.4, -0.2) is 50.7 Å². The molecule has 1 aromatic carbocycles. The number of nitrogens with one attached hydrogen (secondary N) is 2. The van der Waals surface area contributed by atoms with Gasteiger partial charge in [-0.3, -0.25) is 4.79 Å². The Hall–Kier alpha value is -3.66. The number of aryl methyl sites for hydroxylation is 1. The lowest BCUT2D eigenvalue weighted by Crippen LogP contribution is -2.30. The summed E-state index contributed by atoms with van der Waals surface area (Å²) in [6, 6.07) is 5.87. The second kappa shape index (κ2) is 11.4. The van der Waals surface area contributed by atoms with Crippen LogP contribution in [-0.2, 0) is 22.6 Å². The number of esters is 1. The summed E-state index contributed by atoms with van der Waals surface area (Å²) in [5, 5.41) is 23.9. The predicted molar refractivity (Wildman–Crippen MR) is 148 cm³/mol. The zero-order valence-electron chi connectivity index (χ0n) is 21.8. The Morgan fingerprint density at radius 2 is 1.89 bits per heavy atom. The minimum absolute atomic E-state index is 0.0324. The minimum Gasteiger partial charge on any atom is -0.495 e. The summed E-state index contributed by atoms with van der Waals surface area (Å²) >= 11 is 6.32. The second-order valence-corrected chi connectivity index (χ2v) is 9.82. The summed E-state index contributed by atoms with van der Waals surface area (Å²) in [6.45, 7) is 5.51. The zero-order valence-corrected chi connectivity index (χ0v) is 22.6. The highest BCUT2D eigenvalue weighted by Gasteiger charge is 2.28. The molecular weight excluding hydrogens is 506 g/mol. The van der Waals surface area contributed by atoms with Gasteiger partial charge < -0.3 is 20.1 Å². The Balaban J connectivity index is 1.43. The third-order valence-electron chi connectivity index (χ3n) is 7.07. The quantitative estimate of drug-likeness (QED) is 0.278. The van der Waals surface area contributed by atoms with Gasteiger partial charge in [0.25, 0.3) is 0 Å². The number of hydrogen-bond donors (Lipinski definition) is 2. The van der Waals surface area contributed by atoms with Gasteiger partial charge in [0.2, 0.25) is 0 Å². The van der Waals surface area contributed by atoms with Gasteiger partial charge in [0.05, 0.1) is 36.2 Å². The van der Waals surface area contributed by atoms with Crippen LogP contribution in [0.2, 0.25) is 5.02 Å². The topological polar surface area (TPSA) is 116 Å². The van der Waals surface area contributed by atoms with E-state index in [0.29, 0.717) is 42.1 Å². The third-order valence-corrected chi connectivity index (χ3v) is 7.37. The number of carbonyl (C=O) groups is 1. The number of benzene rings is 1. The number of aromatic nitrogens is 5. The van der Waals surface area contributed by atoms with Gasteiger partial charge in [-0.15, -0.1) is 10.2 Å². The molecule has 0 spiro atoms. The van der Waals surface area contributed by atoms with E-state index < -0.39 is 0 Å². The van der Waals surface area contributed by atoms with Crippen molar-refractivity contribution in [3.8, 4) is 5.75 Å². The lowest BCUT2D eigenvalue weighted by atomic mass is 9.86. The molecule has 4 aromatic rings. The molecule has 2 N–H and O–H groups in total. The first kappa shape index (κ1) is 26.0. The molecule has 5 rings (SSSR count). The summed E-state index contributed by atoms with van der Waals surface area (Å²) in [5.74, 6) is 1.83. The summed E-state index contributed by atoms with van der Waals surface area (Å²) in [6.07, 6.45) is 6.96. The maximum Gasteiger partial charge on any atom is 0.308 e. The van der Waals surface area contributed by atoms with Crippen LogP contribution in [0.3, 0.4) is 0 Å². The number of anilines is 2. The van der Waals surface area contributed by atoms with E-state index in [1.54, 1.807) is 7.11 Å². The van der Waals surface area contributed by atoms with Crippen molar-refractivity contribution in [2.24, 2.45) is 5.92 Å². The fraction of sp³-hybridized carbons (Fsp3) is 0.444. The highest BCUT2D eigenvalue weighted by Crippen LogP contribution is 2.34. The number of ether oxygens (including phenoxy) is 2. The van der Waals surface area contributed by atoms with Crippen LogP contribution in [0, 0.1) is 5.92 Å². The highest BCUT2D eigenvalue weighted by atomic mass is 35.5. The molecule has 0 bridgehead atoms. The van der Waals surface area contributed by atoms with E-state index in [1.165, 1.54) is 0 Å². The number of halogens is 1. The van der Waals surface area contributed by atoms with Gasteiger partial charge in [-0.1, -0.05) is 17.7 Å². The van der Waals surface area contributed by atoms with Crippen molar-refractivity contribution in [3.05, 3.63) is 41.2 Å². The van der Waals surface area contributed by atoms with E-state index in [0.717, 1.165) is 53.1 Å². The first-order chi connectivity index (χ1) is 18.5. The van der Waals surface area contributed by atoms with E-state index in [4.69, 9.17) is 26.1 Å².